The number of nitrogens with one attached hydrogen (secondary N) is 2. The lowest BCUT2D eigenvalue weighted by molar-refractivity contribution is -0.152. The van der Waals surface area contributed by atoms with Gasteiger partial charge < -0.3 is 15.4 Å². The van der Waals surface area contributed by atoms with Crippen molar-refractivity contribution < 1.29 is 19.1 Å². The Morgan fingerprint density at radius 2 is 1.54 bits per heavy atom. The van der Waals surface area contributed by atoms with Crippen LogP contribution in [0.1, 0.15) is 36.1 Å². The van der Waals surface area contributed by atoms with Gasteiger partial charge in [0, 0.05) is 18.3 Å². The molecule has 6 nitrogen and oxygen atoms in total. The van der Waals surface area contributed by atoms with Crippen LogP contribution in [0.2, 0.25) is 0 Å². The van der Waals surface area contributed by atoms with Crippen LogP contribution in [-0.4, -0.2) is 23.9 Å². The highest BCUT2D eigenvalue weighted by molar-refractivity contribution is 5.96. The number of hydrogen-bond acceptors (Lipinski definition) is 4. The molecule has 0 fully saturated rings. The SMILES string of the molecule is CC(=O)Nc1ccc(CC(=O)O[C@H](C)C(=O)Nc2c(C)cc(C)cc2C)cc1. The molecule has 1 atom stereocenters. The Hall–Kier alpha value is -3.15. The van der Waals surface area contributed by atoms with Gasteiger partial charge in [0.25, 0.3) is 5.91 Å². The number of hydrogen-bond donors (Lipinski definition) is 2. The van der Waals surface area contributed by atoms with Gasteiger partial charge in [-0.2, -0.15) is 0 Å². The van der Waals surface area contributed by atoms with Crippen LogP contribution in [0.5, 0.6) is 0 Å². The molecule has 148 valence electrons. The van der Waals surface area contributed by atoms with Gasteiger partial charge in [0.15, 0.2) is 6.10 Å². The van der Waals surface area contributed by atoms with Gasteiger partial charge in [0.2, 0.25) is 5.91 Å². The standard InChI is InChI=1S/C22H26N2O4/c1-13-10-14(2)21(15(3)11-13)24-22(27)16(4)28-20(26)12-18-6-8-19(9-7-18)23-17(5)25/h6-11,16H,12H2,1-5H3,(H,23,25)(H,24,27)/t16-/m1/s1. The summed E-state index contributed by atoms with van der Waals surface area (Å²) in [5.41, 5.74) is 5.18. The minimum Gasteiger partial charge on any atom is -0.452 e. The Bertz CT molecular complexity index is 865. The number of carbonyl (C=O) groups excluding carboxylic acids is 3. The van der Waals surface area contributed by atoms with E-state index in [-0.39, 0.29) is 18.2 Å². The third-order valence-corrected chi connectivity index (χ3v) is 4.23. The van der Waals surface area contributed by atoms with Crippen LogP contribution in [0.4, 0.5) is 11.4 Å². The lowest BCUT2D eigenvalue weighted by Gasteiger charge is -2.17. The first kappa shape index (κ1) is 21.2. The van der Waals surface area contributed by atoms with Crippen LogP contribution in [0.25, 0.3) is 0 Å². The highest BCUT2D eigenvalue weighted by Crippen LogP contribution is 2.22. The Morgan fingerprint density at radius 1 is 0.964 bits per heavy atom. The summed E-state index contributed by atoms with van der Waals surface area (Å²) in [5.74, 6) is -1.03. The van der Waals surface area contributed by atoms with Crippen LogP contribution in [0.3, 0.4) is 0 Å². The number of amides is 2. The van der Waals surface area contributed by atoms with Crippen LogP contribution in [-0.2, 0) is 25.5 Å². The minimum atomic E-state index is -0.911. The quantitative estimate of drug-likeness (QED) is 0.747. The van der Waals surface area contributed by atoms with Gasteiger partial charge in [-0.05, 0) is 56.5 Å². The maximum absolute atomic E-state index is 12.4. The van der Waals surface area contributed by atoms with Gasteiger partial charge in [0.1, 0.15) is 0 Å². The normalized spacial score (nSPS) is 11.5. The predicted octanol–water partition coefficient (Wildman–Crippen LogP) is 3.68. The minimum absolute atomic E-state index is 0.0422. The summed E-state index contributed by atoms with van der Waals surface area (Å²) in [5, 5.41) is 5.50. The van der Waals surface area contributed by atoms with Gasteiger partial charge in [-0.15, -0.1) is 0 Å². The van der Waals surface area contributed by atoms with Crippen LogP contribution in [0, 0.1) is 20.8 Å². The maximum atomic E-state index is 12.4. The van der Waals surface area contributed by atoms with E-state index < -0.39 is 12.1 Å². The summed E-state index contributed by atoms with van der Waals surface area (Å²) < 4.78 is 5.27. The van der Waals surface area contributed by atoms with Gasteiger partial charge >= 0.3 is 5.97 Å². The van der Waals surface area contributed by atoms with E-state index >= 15 is 0 Å². The molecule has 0 saturated heterocycles. The van der Waals surface area contributed by atoms with Gasteiger partial charge in [-0.3, -0.25) is 14.4 Å². The van der Waals surface area contributed by atoms with Crippen molar-refractivity contribution in [2.75, 3.05) is 10.6 Å². The molecule has 0 aliphatic heterocycles. The van der Waals surface area contributed by atoms with E-state index in [1.165, 1.54) is 6.92 Å². The molecule has 0 spiro atoms. The first-order valence-corrected chi connectivity index (χ1v) is 9.10. The van der Waals surface area contributed by atoms with E-state index in [0.717, 1.165) is 27.9 Å². The number of anilines is 2. The average molecular weight is 382 g/mol. The zero-order chi connectivity index (χ0) is 20.8. The third kappa shape index (κ3) is 5.94. The number of aryl methyl sites for hydroxylation is 3. The first-order chi connectivity index (χ1) is 13.2. The summed E-state index contributed by atoms with van der Waals surface area (Å²) >= 11 is 0. The second kappa shape index (κ2) is 9.17. The fraction of sp³-hybridized carbons (Fsp3) is 0.318. The second-order valence-corrected chi connectivity index (χ2v) is 6.95. The Morgan fingerprint density at radius 3 is 2.07 bits per heavy atom. The van der Waals surface area contributed by atoms with Crippen molar-refractivity contribution in [1.82, 2.24) is 0 Å². The monoisotopic (exact) mass is 382 g/mol. The number of carbonyl (C=O) groups is 3. The summed E-state index contributed by atoms with van der Waals surface area (Å²) in [6, 6.07) is 10.9. The molecule has 2 aromatic carbocycles. The molecule has 0 bridgehead atoms. The zero-order valence-corrected chi connectivity index (χ0v) is 16.9. The second-order valence-electron chi connectivity index (χ2n) is 6.95. The largest absolute Gasteiger partial charge is 0.452 e. The molecule has 0 aliphatic rings. The molecule has 0 unspecified atom stereocenters. The van der Waals surface area contributed by atoms with Crippen molar-refractivity contribution in [3.8, 4) is 0 Å². The molecule has 2 rings (SSSR count). The lowest BCUT2D eigenvalue weighted by Crippen LogP contribution is -2.31. The van der Waals surface area contributed by atoms with Crippen LogP contribution in [0.15, 0.2) is 36.4 Å². The van der Waals surface area contributed by atoms with Crippen molar-refractivity contribution in [3.63, 3.8) is 0 Å². The molecule has 2 amide bonds. The topological polar surface area (TPSA) is 84.5 Å². The number of benzene rings is 2. The van der Waals surface area contributed by atoms with Crippen molar-refractivity contribution in [2.45, 2.75) is 47.1 Å². The summed E-state index contributed by atoms with van der Waals surface area (Å²) in [4.78, 5) is 35.6. The van der Waals surface area contributed by atoms with E-state index in [0.29, 0.717) is 5.69 Å². The van der Waals surface area contributed by atoms with Crippen molar-refractivity contribution in [2.24, 2.45) is 0 Å². The average Bonchev–Trinajstić information content (AvgIpc) is 2.59. The molecule has 2 N–H and O–H groups in total. The Balaban J connectivity index is 1.93. The number of rotatable bonds is 6. The fourth-order valence-electron chi connectivity index (χ4n) is 2.97. The lowest BCUT2D eigenvalue weighted by atomic mass is 10.0. The molecule has 0 aromatic heterocycles. The van der Waals surface area contributed by atoms with Crippen molar-refractivity contribution in [1.29, 1.82) is 0 Å². The Labute approximate surface area is 165 Å². The summed E-state index contributed by atoms with van der Waals surface area (Å²) in [7, 11) is 0. The van der Waals surface area contributed by atoms with Crippen LogP contribution < -0.4 is 10.6 Å². The molecular formula is C22H26N2O4. The maximum Gasteiger partial charge on any atom is 0.311 e. The molecule has 2 aromatic rings. The molecule has 0 radical (unpaired) electrons. The highest BCUT2D eigenvalue weighted by Gasteiger charge is 2.19. The van der Waals surface area contributed by atoms with E-state index in [4.69, 9.17) is 4.74 Å². The zero-order valence-electron chi connectivity index (χ0n) is 16.9. The highest BCUT2D eigenvalue weighted by atomic mass is 16.5. The fourth-order valence-corrected chi connectivity index (χ4v) is 2.97. The molecular weight excluding hydrogens is 356 g/mol. The third-order valence-electron chi connectivity index (χ3n) is 4.23. The molecule has 0 heterocycles. The van der Waals surface area contributed by atoms with Crippen LogP contribution >= 0.6 is 0 Å². The van der Waals surface area contributed by atoms with E-state index in [2.05, 4.69) is 10.6 Å². The number of ether oxygens (including phenoxy) is 1. The molecule has 6 heteroatoms. The van der Waals surface area contributed by atoms with E-state index in [1.54, 1.807) is 31.2 Å². The van der Waals surface area contributed by atoms with Crippen molar-refractivity contribution >= 4 is 29.2 Å². The van der Waals surface area contributed by atoms with Gasteiger partial charge in [0.05, 0.1) is 6.42 Å². The summed E-state index contributed by atoms with van der Waals surface area (Å²) in [6.07, 6.45) is -0.869. The first-order valence-electron chi connectivity index (χ1n) is 9.10. The van der Waals surface area contributed by atoms with Gasteiger partial charge in [-0.1, -0.05) is 29.8 Å². The smallest absolute Gasteiger partial charge is 0.311 e. The van der Waals surface area contributed by atoms with Crippen molar-refractivity contribution in [3.05, 3.63) is 58.7 Å². The molecule has 28 heavy (non-hydrogen) atoms. The molecule has 0 aliphatic carbocycles. The summed E-state index contributed by atoms with van der Waals surface area (Å²) in [6.45, 7) is 8.83. The Kier molecular flexibility index (Phi) is 6.93. The predicted molar refractivity (Wildman–Crippen MR) is 109 cm³/mol. The molecule has 0 saturated carbocycles. The van der Waals surface area contributed by atoms with Gasteiger partial charge in [-0.25, -0.2) is 0 Å². The van der Waals surface area contributed by atoms with E-state index in [9.17, 15) is 14.4 Å². The van der Waals surface area contributed by atoms with E-state index in [1.807, 2.05) is 32.9 Å². The number of esters is 1.